The van der Waals surface area contributed by atoms with Gasteiger partial charge >= 0.3 is 11.9 Å². The second-order valence-corrected chi connectivity index (χ2v) is 7.56. The number of ketones is 1. The fourth-order valence-corrected chi connectivity index (χ4v) is 2.65. The van der Waals surface area contributed by atoms with Crippen LogP contribution in [-0.2, 0) is 47.6 Å². The van der Waals surface area contributed by atoms with Gasteiger partial charge < -0.3 is 43.6 Å². The molecule has 0 heterocycles. The first-order valence-corrected chi connectivity index (χ1v) is 12.2. The molecule has 214 valence electrons. The lowest BCUT2D eigenvalue weighted by Gasteiger charge is -2.09. The lowest BCUT2D eigenvalue weighted by Crippen LogP contribution is -2.17. The lowest BCUT2D eigenvalue weighted by atomic mass is 10.2. The van der Waals surface area contributed by atoms with Crippen LogP contribution >= 0.6 is 0 Å². The monoisotopic (exact) mass is 543 g/mol. The van der Waals surface area contributed by atoms with Crippen LogP contribution in [-0.4, -0.2) is 108 Å². The topological polar surface area (TPSA) is 165 Å². The Morgan fingerprint density at radius 1 is 0.658 bits per heavy atom. The van der Waals surface area contributed by atoms with Crippen LogP contribution in [0.1, 0.15) is 19.8 Å². The van der Waals surface area contributed by atoms with Gasteiger partial charge in [0, 0.05) is 19.0 Å². The third-order valence-electron chi connectivity index (χ3n) is 4.44. The van der Waals surface area contributed by atoms with Crippen molar-refractivity contribution >= 4 is 29.3 Å². The van der Waals surface area contributed by atoms with Crippen LogP contribution < -0.4 is 10.1 Å². The van der Waals surface area contributed by atoms with Gasteiger partial charge in [0.15, 0.2) is 0 Å². The number of carbonyl (C=O) groups excluding carboxylic acids is 3. The molecular formula is C25H37NO12. The lowest BCUT2D eigenvalue weighted by molar-refractivity contribution is -0.151. The summed E-state index contributed by atoms with van der Waals surface area (Å²) in [5.74, 6) is -2.67. The summed E-state index contributed by atoms with van der Waals surface area (Å²) in [5.41, 5.74) is 0.713. The van der Waals surface area contributed by atoms with Crippen molar-refractivity contribution in [1.29, 1.82) is 0 Å². The van der Waals surface area contributed by atoms with E-state index in [0.717, 1.165) is 0 Å². The Morgan fingerprint density at radius 3 is 1.55 bits per heavy atom. The number of carbonyl (C=O) groups is 4. The molecule has 0 bridgehead atoms. The first kappa shape index (κ1) is 32.9. The van der Waals surface area contributed by atoms with Crippen molar-refractivity contribution < 1.29 is 57.4 Å². The predicted molar refractivity (Wildman–Crippen MR) is 133 cm³/mol. The summed E-state index contributed by atoms with van der Waals surface area (Å²) in [6, 6.07) is 7.09. The Labute approximate surface area is 221 Å². The second-order valence-electron chi connectivity index (χ2n) is 7.56. The number of ether oxygens (including phenoxy) is 7. The van der Waals surface area contributed by atoms with Crippen LogP contribution in [0.3, 0.4) is 0 Å². The van der Waals surface area contributed by atoms with Crippen molar-refractivity contribution in [3.63, 3.8) is 0 Å². The van der Waals surface area contributed by atoms with E-state index in [1.54, 1.807) is 24.3 Å². The molecule has 1 rings (SSSR count). The quantitative estimate of drug-likeness (QED) is 0.108. The number of esters is 1. The summed E-state index contributed by atoms with van der Waals surface area (Å²) < 4.78 is 37.2. The molecule has 0 aliphatic heterocycles. The van der Waals surface area contributed by atoms with Gasteiger partial charge in [-0.05, 0) is 24.3 Å². The number of carboxylic acid groups (broad SMARTS) is 1. The fourth-order valence-electron chi connectivity index (χ4n) is 2.65. The van der Waals surface area contributed by atoms with Gasteiger partial charge in [-0.3, -0.25) is 14.4 Å². The Morgan fingerprint density at radius 2 is 1.11 bits per heavy atom. The van der Waals surface area contributed by atoms with Gasteiger partial charge in [-0.15, -0.1) is 0 Å². The molecule has 1 aromatic carbocycles. The Hall–Kier alpha value is -3.10. The van der Waals surface area contributed by atoms with Crippen molar-refractivity contribution in [3.05, 3.63) is 24.3 Å². The maximum atomic E-state index is 11.3. The number of anilines is 1. The molecule has 0 spiro atoms. The van der Waals surface area contributed by atoms with E-state index in [1.165, 1.54) is 6.92 Å². The van der Waals surface area contributed by atoms with Crippen LogP contribution in [0.5, 0.6) is 5.75 Å². The highest BCUT2D eigenvalue weighted by Gasteiger charge is 2.14. The zero-order chi connectivity index (χ0) is 27.8. The number of hydrogen-bond acceptors (Lipinski definition) is 11. The highest BCUT2D eigenvalue weighted by molar-refractivity contribution is 6.32. The molecule has 0 fully saturated rings. The number of benzene rings is 1. The van der Waals surface area contributed by atoms with E-state index in [-0.39, 0.29) is 32.0 Å². The van der Waals surface area contributed by atoms with Crippen molar-refractivity contribution in [2.75, 3.05) is 84.6 Å². The number of hydrogen-bond donors (Lipinski definition) is 2. The summed E-state index contributed by atoms with van der Waals surface area (Å²) in [7, 11) is 0. The highest BCUT2D eigenvalue weighted by Crippen LogP contribution is 2.15. The summed E-state index contributed by atoms with van der Waals surface area (Å²) in [6.07, 6.45) is -0.661. The molecule has 0 saturated carbocycles. The number of Topliss-reactive ketones (excluding diaryl/α,β-unsaturated/α-hetero) is 1. The van der Waals surface area contributed by atoms with E-state index in [4.69, 9.17) is 38.3 Å². The second kappa shape index (κ2) is 21.9. The van der Waals surface area contributed by atoms with Crippen LogP contribution in [0.2, 0.25) is 0 Å². The van der Waals surface area contributed by atoms with Crippen LogP contribution in [0.15, 0.2) is 24.3 Å². The summed E-state index contributed by atoms with van der Waals surface area (Å²) in [5, 5.41) is 11.1. The number of nitrogens with one attached hydrogen (secondary N) is 1. The Kier molecular flexibility index (Phi) is 19.0. The molecular weight excluding hydrogens is 506 g/mol. The van der Waals surface area contributed by atoms with Gasteiger partial charge in [0.2, 0.25) is 11.7 Å². The number of aliphatic carboxylic acids is 1. The van der Waals surface area contributed by atoms with E-state index < -0.39 is 17.7 Å². The minimum atomic E-state index is -1.56. The van der Waals surface area contributed by atoms with Crippen molar-refractivity contribution in [3.8, 4) is 5.75 Å². The smallest absolute Gasteiger partial charge is 0.372 e. The zero-order valence-corrected chi connectivity index (χ0v) is 21.6. The first-order valence-electron chi connectivity index (χ1n) is 12.2. The third-order valence-corrected chi connectivity index (χ3v) is 4.44. The van der Waals surface area contributed by atoms with E-state index in [0.29, 0.717) is 77.5 Å². The molecule has 1 amide bonds. The standard InChI is InChI=1S/C25H37NO12/c1-20(27)26-21-2-4-22(5-3-21)37-18-16-35-14-12-33-10-8-32-9-11-34-13-15-36-17-19-38-24(29)7-6-23(28)25(30)31/h2-5H,6-19H2,1H3,(H,26,27)(H,30,31). The fraction of sp³-hybridized carbons (Fsp3) is 0.600. The van der Waals surface area contributed by atoms with Crippen LogP contribution in [0.4, 0.5) is 5.69 Å². The summed E-state index contributed by atoms with van der Waals surface area (Å²) in [6.45, 7) is 5.69. The van der Waals surface area contributed by atoms with E-state index in [1.807, 2.05) is 0 Å². The van der Waals surface area contributed by atoms with Gasteiger partial charge in [-0.1, -0.05) is 0 Å². The maximum absolute atomic E-state index is 11.3. The Balaban J connectivity index is 1.77. The Bertz CT molecular complexity index is 815. The normalized spacial score (nSPS) is 10.7. The molecule has 0 aliphatic rings. The largest absolute Gasteiger partial charge is 0.491 e. The van der Waals surface area contributed by atoms with Gasteiger partial charge in [-0.25, -0.2) is 4.79 Å². The van der Waals surface area contributed by atoms with Crippen molar-refractivity contribution in [2.24, 2.45) is 0 Å². The average molecular weight is 544 g/mol. The summed E-state index contributed by atoms with van der Waals surface area (Å²) >= 11 is 0. The first-order chi connectivity index (χ1) is 18.4. The van der Waals surface area contributed by atoms with E-state index >= 15 is 0 Å². The highest BCUT2D eigenvalue weighted by atomic mass is 16.6. The predicted octanol–water partition coefficient (Wildman–Crippen LogP) is 1.08. The average Bonchev–Trinajstić information content (AvgIpc) is 2.89. The molecule has 0 unspecified atom stereocenters. The molecule has 38 heavy (non-hydrogen) atoms. The third kappa shape index (κ3) is 19.1. The molecule has 0 radical (unpaired) electrons. The van der Waals surface area contributed by atoms with Crippen LogP contribution in [0.25, 0.3) is 0 Å². The molecule has 0 saturated heterocycles. The molecule has 2 N–H and O–H groups in total. The maximum Gasteiger partial charge on any atom is 0.372 e. The summed E-state index contributed by atoms with van der Waals surface area (Å²) in [4.78, 5) is 43.5. The van der Waals surface area contributed by atoms with Crippen LogP contribution in [0, 0.1) is 0 Å². The van der Waals surface area contributed by atoms with E-state index in [9.17, 15) is 19.2 Å². The number of carboxylic acids is 1. The molecule has 0 atom stereocenters. The van der Waals surface area contributed by atoms with Crippen molar-refractivity contribution in [2.45, 2.75) is 19.8 Å². The van der Waals surface area contributed by atoms with Gasteiger partial charge in [0.05, 0.1) is 72.5 Å². The number of amides is 1. The van der Waals surface area contributed by atoms with Crippen molar-refractivity contribution in [1.82, 2.24) is 0 Å². The minimum Gasteiger partial charge on any atom is -0.491 e. The molecule has 1 aromatic rings. The molecule has 0 aliphatic carbocycles. The molecule has 0 aromatic heterocycles. The molecule has 13 heteroatoms. The van der Waals surface area contributed by atoms with Gasteiger partial charge in [-0.2, -0.15) is 0 Å². The van der Waals surface area contributed by atoms with Gasteiger partial charge in [0.25, 0.3) is 0 Å². The molecule has 13 nitrogen and oxygen atoms in total. The van der Waals surface area contributed by atoms with E-state index in [2.05, 4.69) is 5.32 Å². The zero-order valence-electron chi connectivity index (χ0n) is 21.6. The number of rotatable bonds is 24. The SMILES string of the molecule is CC(=O)Nc1ccc(OCCOCCOCCOCCOCCOCCOC(=O)CCC(=O)C(=O)O)cc1. The van der Waals surface area contributed by atoms with Gasteiger partial charge in [0.1, 0.15) is 19.0 Å². The minimum absolute atomic E-state index is 0.0124.